The molecule has 0 spiro atoms. The van der Waals surface area contributed by atoms with Crippen molar-refractivity contribution in [2.24, 2.45) is 7.05 Å². The van der Waals surface area contributed by atoms with E-state index in [0.29, 0.717) is 11.3 Å². The topological polar surface area (TPSA) is 52.7 Å². The zero-order valence-corrected chi connectivity index (χ0v) is 14.2. The monoisotopic (exact) mass is 370 g/mol. The molecule has 0 atom stereocenters. The fraction of sp³-hybridized carbons (Fsp3) is 0.105. The van der Waals surface area contributed by atoms with E-state index in [1.165, 1.54) is 41.2 Å². The summed E-state index contributed by atoms with van der Waals surface area (Å²) in [7, 11) is 1.69. The third-order valence-corrected chi connectivity index (χ3v) is 4.25. The number of benzene rings is 2. The number of halogens is 3. The molecule has 8 heteroatoms. The minimum atomic E-state index is -0.736. The number of rotatable bonds is 3. The Balaban J connectivity index is 1.96. The molecule has 0 saturated heterocycles. The Labute approximate surface area is 151 Å². The van der Waals surface area contributed by atoms with Crippen molar-refractivity contribution in [2.75, 3.05) is 0 Å². The van der Waals surface area contributed by atoms with Gasteiger partial charge in [-0.15, -0.1) is 0 Å². The number of aromatic nitrogens is 4. The second-order valence-electron chi connectivity index (χ2n) is 6.09. The van der Waals surface area contributed by atoms with E-state index in [2.05, 4.69) is 9.97 Å². The van der Waals surface area contributed by atoms with Crippen molar-refractivity contribution in [1.29, 1.82) is 0 Å². The Hall–Kier alpha value is -3.42. The van der Waals surface area contributed by atoms with Crippen LogP contribution in [-0.2, 0) is 13.5 Å². The SMILES string of the molecule is Cn1cnc2c(=O)n(-c3ccc(F)cc3)c(Cc3ccc(F)cc3F)nc21. The van der Waals surface area contributed by atoms with Crippen LogP contribution in [0, 0.1) is 17.5 Å². The summed E-state index contributed by atoms with van der Waals surface area (Å²) in [5, 5.41) is 0. The van der Waals surface area contributed by atoms with E-state index in [1.807, 2.05) is 0 Å². The minimum Gasteiger partial charge on any atom is -0.318 e. The van der Waals surface area contributed by atoms with Crippen molar-refractivity contribution in [3.8, 4) is 5.69 Å². The van der Waals surface area contributed by atoms with Gasteiger partial charge in [0.1, 0.15) is 23.3 Å². The van der Waals surface area contributed by atoms with E-state index >= 15 is 0 Å². The predicted octanol–water partition coefficient (Wildman–Crippen LogP) is 3.13. The first-order chi connectivity index (χ1) is 12.9. The Morgan fingerprint density at radius 2 is 1.70 bits per heavy atom. The zero-order chi connectivity index (χ0) is 19.1. The molecular formula is C19H13F3N4O. The molecule has 2 aromatic carbocycles. The Bertz CT molecular complexity index is 1210. The molecule has 0 radical (unpaired) electrons. The summed E-state index contributed by atoms with van der Waals surface area (Å²) in [5.74, 6) is -1.65. The van der Waals surface area contributed by atoms with Crippen LogP contribution in [0.2, 0.25) is 0 Å². The first-order valence-corrected chi connectivity index (χ1v) is 8.07. The van der Waals surface area contributed by atoms with Gasteiger partial charge in [0.15, 0.2) is 11.2 Å². The Kier molecular flexibility index (Phi) is 4.02. The molecule has 4 aromatic rings. The van der Waals surface area contributed by atoms with Crippen LogP contribution in [0.5, 0.6) is 0 Å². The van der Waals surface area contributed by atoms with Crippen molar-refractivity contribution < 1.29 is 13.2 Å². The van der Waals surface area contributed by atoms with Crippen molar-refractivity contribution in [1.82, 2.24) is 19.1 Å². The number of nitrogens with zero attached hydrogens (tertiary/aromatic N) is 4. The molecule has 4 rings (SSSR count). The second-order valence-corrected chi connectivity index (χ2v) is 6.09. The minimum absolute atomic E-state index is 0.0557. The van der Waals surface area contributed by atoms with E-state index in [9.17, 15) is 18.0 Å². The molecule has 0 fully saturated rings. The molecule has 0 aliphatic heterocycles. The van der Waals surface area contributed by atoms with Crippen LogP contribution in [0.1, 0.15) is 11.4 Å². The zero-order valence-electron chi connectivity index (χ0n) is 14.2. The summed E-state index contributed by atoms with van der Waals surface area (Å²) in [5.41, 5.74) is 0.588. The van der Waals surface area contributed by atoms with Crippen LogP contribution in [0.3, 0.4) is 0 Å². The summed E-state index contributed by atoms with van der Waals surface area (Å²) < 4.78 is 43.5. The van der Waals surface area contributed by atoms with Gasteiger partial charge >= 0.3 is 0 Å². The standard InChI is InChI=1S/C19H13F3N4O/c1-25-10-23-17-18(25)24-16(8-11-2-3-13(21)9-15(11)22)26(19(17)27)14-6-4-12(20)5-7-14/h2-7,9-10H,8H2,1H3. The van der Waals surface area contributed by atoms with Crippen molar-refractivity contribution >= 4 is 11.2 Å². The second kappa shape index (κ2) is 6.39. The van der Waals surface area contributed by atoms with Crippen molar-refractivity contribution in [3.63, 3.8) is 0 Å². The molecule has 0 bridgehead atoms. The van der Waals surface area contributed by atoms with Gasteiger partial charge in [-0.05, 0) is 35.9 Å². The summed E-state index contributed by atoms with van der Waals surface area (Å²) in [6.07, 6.45) is 1.40. The van der Waals surface area contributed by atoms with Crippen molar-refractivity contribution in [3.05, 3.63) is 88.0 Å². The molecule has 0 amide bonds. The fourth-order valence-corrected chi connectivity index (χ4v) is 2.91. The van der Waals surface area contributed by atoms with E-state index in [1.54, 1.807) is 11.6 Å². The molecular weight excluding hydrogens is 357 g/mol. The third kappa shape index (κ3) is 2.99. The predicted molar refractivity (Wildman–Crippen MR) is 93.2 cm³/mol. The summed E-state index contributed by atoms with van der Waals surface area (Å²) in [4.78, 5) is 21.5. The quantitative estimate of drug-likeness (QED) is 0.557. The largest absolute Gasteiger partial charge is 0.318 e. The lowest BCUT2D eigenvalue weighted by Gasteiger charge is -2.13. The van der Waals surface area contributed by atoms with Gasteiger partial charge in [-0.2, -0.15) is 0 Å². The summed E-state index contributed by atoms with van der Waals surface area (Å²) in [6.45, 7) is 0. The maximum Gasteiger partial charge on any atom is 0.286 e. The number of hydrogen-bond acceptors (Lipinski definition) is 3. The number of fused-ring (bicyclic) bond motifs is 1. The maximum atomic E-state index is 14.1. The van der Waals surface area contributed by atoms with Gasteiger partial charge < -0.3 is 4.57 Å². The average molecular weight is 370 g/mol. The van der Waals surface area contributed by atoms with Crippen molar-refractivity contribution in [2.45, 2.75) is 6.42 Å². The van der Waals surface area contributed by atoms with E-state index in [4.69, 9.17) is 0 Å². The highest BCUT2D eigenvalue weighted by atomic mass is 19.1. The van der Waals surface area contributed by atoms with E-state index < -0.39 is 23.0 Å². The molecule has 0 aliphatic carbocycles. The molecule has 0 N–H and O–H groups in total. The molecule has 5 nitrogen and oxygen atoms in total. The molecule has 136 valence electrons. The lowest BCUT2D eigenvalue weighted by molar-refractivity contribution is 0.573. The van der Waals surface area contributed by atoms with Gasteiger partial charge in [0, 0.05) is 19.5 Å². The van der Waals surface area contributed by atoms with Gasteiger partial charge in [0.25, 0.3) is 5.56 Å². The van der Waals surface area contributed by atoms with Crippen LogP contribution in [-0.4, -0.2) is 19.1 Å². The Morgan fingerprint density at radius 3 is 2.41 bits per heavy atom. The highest BCUT2D eigenvalue weighted by Gasteiger charge is 2.17. The smallest absolute Gasteiger partial charge is 0.286 e. The highest BCUT2D eigenvalue weighted by Crippen LogP contribution is 2.18. The summed E-state index contributed by atoms with van der Waals surface area (Å²) >= 11 is 0. The van der Waals surface area contributed by atoms with E-state index in [0.717, 1.165) is 12.1 Å². The lowest BCUT2D eigenvalue weighted by atomic mass is 10.1. The fourth-order valence-electron chi connectivity index (χ4n) is 2.91. The first-order valence-electron chi connectivity index (χ1n) is 8.07. The van der Waals surface area contributed by atoms with Gasteiger partial charge in [-0.3, -0.25) is 9.36 Å². The third-order valence-electron chi connectivity index (χ3n) is 4.25. The average Bonchev–Trinajstić information content (AvgIpc) is 3.00. The molecule has 0 unspecified atom stereocenters. The molecule has 2 heterocycles. The highest BCUT2D eigenvalue weighted by molar-refractivity contribution is 5.70. The van der Waals surface area contributed by atoms with Gasteiger partial charge in [-0.25, -0.2) is 23.1 Å². The normalized spacial score (nSPS) is 11.3. The van der Waals surface area contributed by atoms with Gasteiger partial charge in [0.05, 0.1) is 12.0 Å². The molecule has 2 aromatic heterocycles. The Morgan fingerprint density at radius 1 is 1.00 bits per heavy atom. The maximum absolute atomic E-state index is 14.1. The van der Waals surface area contributed by atoms with E-state index in [-0.39, 0.29) is 23.3 Å². The number of hydrogen-bond donors (Lipinski definition) is 0. The lowest BCUT2D eigenvalue weighted by Crippen LogP contribution is -2.24. The number of aryl methyl sites for hydroxylation is 1. The number of imidazole rings is 1. The molecule has 27 heavy (non-hydrogen) atoms. The van der Waals surface area contributed by atoms with Gasteiger partial charge in [0.2, 0.25) is 0 Å². The summed E-state index contributed by atoms with van der Waals surface area (Å²) in [6, 6.07) is 8.51. The van der Waals surface area contributed by atoms with Gasteiger partial charge in [-0.1, -0.05) is 6.07 Å². The van der Waals surface area contributed by atoms with Crippen LogP contribution in [0.25, 0.3) is 16.9 Å². The van der Waals surface area contributed by atoms with Crippen LogP contribution in [0.4, 0.5) is 13.2 Å². The van der Waals surface area contributed by atoms with Crippen LogP contribution in [0.15, 0.2) is 53.6 Å². The van der Waals surface area contributed by atoms with Crippen LogP contribution >= 0.6 is 0 Å². The molecule has 0 aliphatic rings. The molecule has 0 saturated carbocycles. The van der Waals surface area contributed by atoms with Crippen LogP contribution < -0.4 is 5.56 Å². The first kappa shape index (κ1) is 17.0.